The van der Waals surface area contributed by atoms with Gasteiger partial charge in [0.15, 0.2) is 23.3 Å². The summed E-state index contributed by atoms with van der Waals surface area (Å²) in [5.41, 5.74) is -3.52. The summed E-state index contributed by atoms with van der Waals surface area (Å²) >= 11 is 0. The number of benzene rings is 1. The first-order chi connectivity index (χ1) is 7.29. The van der Waals surface area contributed by atoms with Gasteiger partial charge in [0.1, 0.15) is 11.1 Å². The molecule has 0 saturated heterocycles. The van der Waals surface area contributed by atoms with Gasteiger partial charge in [0, 0.05) is 0 Å². The van der Waals surface area contributed by atoms with Gasteiger partial charge in [0.25, 0.3) is 0 Å². The number of halogens is 4. The molecule has 1 aromatic rings. The van der Waals surface area contributed by atoms with Crippen molar-refractivity contribution in [3.05, 3.63) is 34.4 Å². The topological polar surface area (TPSA) is 74.6 Å². The fourth-order valence-electron chi connectivity index (χ4n) is 1.03. The molecule has 0 atom stereocenters. The molecule has 4 nitrogen and oxygen atoms in total. The predicted octanol–water partition coefficient (Wildman–Crippen LogP) is 0.991. The zero-order valence-electron chi connectivity index (χ0n) is 7.22. The van der Waals surface area contributed by atoms with Gasteiger partial charge in [-0.1, -0.05) is 0 Å². The van der Waals surface area contributed by atoms with Gasteiger partial charge in [0.05, 0.1) is 0 Å². The van der Waals surface area contributed by atoms with Crippen LogP contribution in [0.3, 0.4) is 0 Å². The van der Waals surface area contributed by atoms with Crippen molar-refractivity contribution in [2.75, 3.05) is 0 Å². The number of hydrogen-bond donors (Lipinski definition) is 2. The van der Waals surface area contributed by atoms with Crippen molar-refractivity contribution in [3.63, 3.8) is 0 Å². The summed E-state index contributed by atoms with van der Waals surface area (Å²) in [6, 6.07) is 0. The molecule has 0 amide bonds. The van der Waals surface area contributed by atoms with E-state index in [4.69, 9.17) is 10.2 Å². The number of aromatic carboxylic acids is 2. The van der Waals surface area contributed by atoms with Crippen molar-refractivity contribution in [1.29, 1.82) is 0 Å². The van der Waals surface area contributed by atoms with Crippen LogP contribution in [0.2, 0.25) is 0 Å². The standard InChI is InChI=1S/C8H2F4O4.Li.H/c9-3-1(7(13)14)2(8(15)16)4(10)6(12)5(3)11;;/h(H,13,14)(H,15,16);;. The number of carboxylic acid groups (broad SMARTS) is 2. The number of hydrogen-bond acceptors (Lipinski definition) is 2. The Morgan fingerprint density at radius 2 is 0.941 bits per heavy atom. The van der Waals surface area contributed by atoms with E-state index in [1.807, 2.05) is 0 Å². The first-order valence-electron chi connectivity index (χ1n) is 3.61. The average molecular weight is 246 g/mol. The molecular formula is C8H3F4LiO4. The average Bonchev–Trinajstić information content (AvgIpc) is 2.18. The molecule has 0 aliphatic heterocycles. The minimum absolute atomic E-state index is 0. The Hall–Kier alpha value is -1.52. The number of rotatable bonds is 2. The minimum atomic E-state index is -2.38. The van der Waals surface area contributed by atoms with Crippen molar-refractivity contribution in [2.24, 2.45) is 0 Å². The van der Waals surface area contributed by atoms with Crippen LogP contribution < -0.4 is 0 Å². The molecule has 0 spiro atoms. The van der Waals surface area contributed by atoms with Crippen LogP contribution in [0.5, 0.6) is 0 Å². The molecule has 0 radical (unpaired) electrons. The fourth-order valence-corrected chi connectivity index (χ4v) is 1.03. The summed E-state index contributed by atoms with van der Waals surface area (Å²) in [6.07, 6.45) is 0. The van der Waals surface area contributed by atoms with Crippen LogP contribution in [0.1, 0.15) is 20.7 Å². The van der Waals surface area contributed by atoms with E-state index in [9.17, 15) is 27.2 Å². The van der Waals surface area contributed by atoms with Crippen LogP contribution in [0, 0.1) is 23.3 Å². The van der Waals surface area contributed by atoms with Gasteiger partial charge in [-0.2, -0.15) is 0 Å². The van der Waals surface area contributed by atoms with Crippen LogP contribution in [0.15, 0.2) is 0 Å². The molecule has 2 N–H and O–H groups in total. The van der Waals surface area contributed by atoms with E-state index in [0.717, 1.165) is 0 Å². The molecule has 0 bridgehead atoms. The summed E-state index contributed by atoms with van der Waals surface area (Å²) in [7, 11) is 0. The van der Waals surface area contributed by atoms with E-state index >= 15 is 0 Å². The van der Waals surface area contributed by atoms with E-state index in [-0.39, 0.29) is 18.9 Å². The number of carbonyl (C=O) groups is 2. The van der Waals surface area contributed by atoms with E-state index in [1.165, 1.54) is 0 Å². The second kappa shape index (κ2) is 5.20. The van der Waals surface area contributed by atoms with Crippen LogP contribution in [0.25, 0.3) is 0 Å². The maximum absolute atomic E-state index is 12.9. The molecule has 1 rings (SSSR count). The van der Waals surface area contributed by atoms with Crippen molar-refractivity contribution in [2.45, 2.75) is 0 Å². The molecule has 0 fully saturated rings. The zero-order chi connectivity index (χ0) is 12.6. The molecule has 17 heavy (non-hydrogen) atoms. The maximum atomic E-state index is 12.9. The van der Waals surface area contributed by atoms with Crippen LogP contribution in [-0.2, 0) is 0 Å². The molecule has 0 heterocycles. The third-order valence-electron chi connectivity index (χ3n) is 1.69. The summed E-state index contributed by atoms with van der Waals surface area (Å²) < 4.78 is 51.0. The second-order valence-corrected chi connectivity index (χ2v) is 2.62. The van der Waals surface area contributed by atoms with Gasteiger partial charge in [-0.25, -0.2) is 27.2 Å². The van der Waals surface area contributed by atoms with E-state index in [2.05, 4.69) is 0 Å². The Labute approximate surface area is 103 Å². The molecule has 88 valence electrons. The predicted molar refractivity (Wildman–Crippen MR) is 47.3 cm³/mol. The SMILES string of the molecule is O=C(O)c1c(F)c(F)c(F)c(F)c1C(=O)O.[LiH]. The van der Waals surface area contributed by atoms with Crippen LogP contribution in [0.4, 0.5) is 17.6 Å². The van der Waals surface area contributed by atoms with Gasteiger partial charge in [-0.3, -0.25) is 0 Å². The normalized spacial score (nSPS) is 9.65. The molecule has 1 aromatic carbocycles. The molecule has 0 aromatic heterocycles. The Bertz CT molecular complexity index is 458. The van der Waals surface area contributed by atoms with Gasteiger partial charge in [-0.15, -0.1) is 0 Å². The first-order valence-corrected chi connectivity index (χ1v) is 3.61. The Balaban J connectivity index is 0.00000256. The van der Waals surface area contributed by atoms with Crippen molar-refractivity contribution in [1.82, 2.24) is 0 Å². The van der Waals surface area contributed by atoms with Crippen LogP contribution >= 0.6 is 0 Å². The number of carboxylic acids is 2. The van der Waals surface area contributed by atoms with E-state index in [0.29, 0.717) is 0 Å². The first kappa shape index (κ1) is 15.5. The van der Waals surface area contributed by atoms with Crippen LogP contribution in [-0.4, -0.2) is 41.0 Å². The molecule has 0 saturated carbocycles. The molecule has 0 aliphatic carbocycles. The third-order valence-corrected chi connectivity index (χ3v) is 1.69. The molecule has 0 aliphatic rings. The molecular weight excluding hydrogens is 243 g/mol. The van der Waals surface area contributed by atoms with E-state index in [1.54, 1.807) is 0 Å². The Morgan fingerprint density at radius 3 is 1.12 bits per heavy atom. The van der Waals surface area contributed by atoms with Gasteiger partial charge in [-0.05, 0) is 0 Å². The summed E-state index contributed by atoms with van der Waals surface area (Å²) in [6.45, 7) is 0. The zero-order valence-corrected chi connectivity index (χ0v) is 7.22. The summed E-state index contributed by atoms with van der Waals surface area (Å²) in [4.78, 5) is 20.8. The quantitative estimate of drug-likeness (QED) is 0.353. The van der Waals surface area contributed by atoms with Crippen molar-refractivity contribution >= 4 is 30.8 Å². The Kier molecular flexibility index (Phi) is 4.74. The fraction of sp³-hybridized carbons (Fsp3) is 0. The summed E-state index contributed by atoms with van der Waals surface area (Å²) in [5.74, 6) is -13.7. The van der Waals surface area contributed by atoms with Gasteiger partial charge in [0.2, 0.25) is 0 Å². The summed E-state index contributed by atoms with van der Waals surface area (Å²) in [5, 5.41) is 16.8. The van der Waals surface area contributed by atoms with Gasteiger partial charge >= 0.3 is 30.8 Å². The van der Waals surface area contributed by atoms with Gasteiger partial charge < -0.3 is 10.2 Å². The van der Waals surface area contributed by atoms with Crippen molar-refractivity contribution in [3.8, 4) is 0 Å². The third kappa shape index (κ3) is 2.43. The Morgan fingerprint density at radius 1 is 0.706 bits per heavy atom. The second-order valence-electron chi connectivity index (χ2n) is 2.62. The van der Waals surface area contributed by atoms with Crippen molar-refractivity contribution < 1.29 is 37.4 Å². The molecule has 0 unspecified atom stereocenters. The van der Waals surface area contributed by atoms with E-state index < -0.39 is 46.3 Å². The monoisotopic (exact) mass is 246 g/mol. The molecule has 9 heteroatoms.